The van der Waals surface area contributed by atoms with E-state index in [1.807, 2.05) is 54.6 Å². The second-order valence-electron chi connectivity index (χ2n) is 6.44. The molecule has 0 N–H and O–H groups in total. The Labute approximate surface area is 162 Å². The predicted molar refractivity (Wildman–Crippen MR) is 102 cm³/mol. The number of carbonyl (C=O) groups excluding carboxylic acids is 2. The minimum absolute atomic E-state index is 0.307. The van der Waals surface area contributed by atoms with Gasteiger partial charge in [0.2, 0.25) is 0 Å². The molecule has 0 aliphatic carbocycles. The van der Waals surface area contributed by atoms with Crippen molar-refractivity contribution in [3.63, 3.8) is 0 Å². The number of amides is 1. The van der Waals surface area contributed by atoms with Crippen molar-refractivity contribution < 1.29 is 23.5 Å². The molecule has 2 heterocycles. The van der Waals surface area contributed by atoms with Gasteiger partial charge in [0.1, 0.15) is 23.7 Å². The molecule has 4 rings (SSSR count). The van der Waals surface area contributed by atoms with Crippen molar-refractivity contribution in [1.29, 1.82) is 0 Å². The lowest BCUT2D eigenvalue weighted by Crippen LogP contribution is -2.43. The summed E-state index contributed by atoms with van der Waals surface area (Å²) in [6.07, 6.45) is 1.41. The molecule has 2 aromatic carbocycles. The topological polar surface area (TPSA) is 69.0 Å². The predicted octanol–water partition coefficient (Wildman–Crippen LogP) is 3.91. The SMILES string of the molecule is Cc1occc1C(=O)OCC(=O)N1c2ccccc2OC[C@H]1c1ccccc1. The second kappa shape index (κ2) is 7.60. The molecule has 3 aromatic rings. The Bertz CT molecular complexity index is 995. The van der Waals surface area contributed by atoms with Crippen LogP contribution in [-0.4, -0.2) is 25.1 Å². The summed E-state index contributed by atoms with van der Waals surface area (Å²) in [6, 6.07) is 18.2. The molecule has 1 aliphatic rings. The Kier molecular flexibility index (Phi) is 4.85. The van der Waals surface area contributed by atoms with Gasteiger partial charge in [-0.3, -0.25) is 9.69 Å². The van der Waals surface area contributed by atoms with Gasteiger partial charge < -0.3 is 13.9 Å². The van der Waals surface area contributed by atoms with E-state index in [-0.39, 0.29) is 18.6 Å². The molecule has 0 saturated heterocycles. The lowest BCUT2D eigenvalue weighted by atomic mass is 10.0. The van der Waals surface area contributed by atoms with Crippen molar-refractivity contribution >= 4 is 17.6 Å². The van der Waals surface area contributed by atoms with Gasteiger partial charge in [-0.2, -0.15) is 0 Å². The van der Waals surface area contributed by atoms with E-state index in [0.717, 1.165) is 5.56 Å². The number of furan rings is 1. The van der Waals surface area contributed by atoms with E-state index in [1.165, 1.54) is 12.3 Å². The summed E-state index contributed by atoms with van der Waals surface area (Å²) >= 11 is 0. The van der Waals surface area contributed by atoms with Crippen molar-refractivity contribution in [2.45, 2.75) is 13.0 Å². The number of nitrogens with zero attached hydrogens (tertiary/aromatic N) is 1. The number of hydrogen-bond donors (Lipinski definition) is 0. The molecular formula is C22H19NO5. The van der Waals surface area contributed by atoms with Crippen LogP contribution in [0.2, 0.25) is 0 Å². The van der Waals surface area contributed by atoms with Gasteiger partial charge in [0, 0.05) is 0 Å². The van der Waals surface area contributed by atoms with Crippen LogP contribution in [0.25, 0.3) is 0 Å². The fraction of sp³-hybridized carbons (Fsp3) is 0.182. The van der Waals surface area contributed by atoms with E-state index >= 15 is 0 Å². The molecule has 6 heteroatoms. The average molecular weight is 377 g/mol. The first-order chi connectivity index (χ1) is 13.6. The maximum atomic E-state index is 13.1. The molecule has 1 amide bonds. The Balaban J connectivity index is 1.59. The first-order valence-corrected chi connectivity index (χ1v) is 8.95. The van der Waals surface area contributed by atoms with Crippen molar-refractivity contribution in [3.05, 3.63) is 83.8 Å². The van der Waals surface area contributed by atoms with Crippen molar-refractivity contribution in [2.24, 2.45) is 0 Å². The number of aryl methyl sites for hydroxylation is 1. The molecule has 0 fully saturated rings. The first-order valence-electron chi connectivity index (χ1n) is 8.95. The molecule has 0 unspecified atom stereocenters. The third kappa shape index (κ3) is 3.36. The van der Waals surface area contributed by atoms with E-state index < -0.39 is 5.97 Å². The Morgan fingerprint density at radius 1 is 1.07 bits per heavy atom. The van der Waals surface area contributed by atoms with Gasteiger partial charge in [0.15, 0.2) is 6.61 Å². The number of para-hydroxylation sites is 2. The molecular weight excluding hydrogens is 358 g/mol. The van der Waals surface area contributed by atoms with Crippen LogP contribution in [0.5, 0.6) is 5.75 Å². The zero-order valence-corrected chi connectivity index (χ0v) is 15.3. The van der Waals surface area contributed by atoms with Crippen LogP contribution >= 0.6 is 0 Å². The number of benzene rings is 2. The lowest BCUT2D eigenvalue weighted by Gasteiger charge is -2.37. The third-order valence-corrected chi connectivity index (χ3v) is 4.69. The molecule has 28 heavy (non-hydrogen) atoms. The summed E-state index contributed by atoms with van der Waals surface area (Å²) in [5, 5.41) is 0. The Hall–Kier alpha value is -3.54. The standard InChI is InChI=1S/C22H19NO5/c1-15-17(11-12-26-15)22(25)28-14-21(24)23-18-9-5-6-10-20(18)27-13-19(23)16-7-3-2-4-8-16/h2-12,19H,13-14H2,1H3/t19-/m0/s1. The summed E-state index contributed by atoms with van der Waals surface area (Å²) in [5.74, 6) is 0.174. The minimum atomic E-state index is -0.586. The van der Waals surface area contributed by atoms with E-state index in [0.29, 0.717) is 29.4 Å². The number of rotatable bonds is 4. The van der Waals surface area contributed by atoms with Crippen LogP contribution in [-0.2, 0) is 9.53 Å². The zero-order valence-electron chi connectivity index (χ0n) is 15.3. The summed E-state index contributed by atoms with van der Waals surface area (Å²) in [5.41, 5.74) is 1.92. The van der Waals surface area contributed by atoms with Gasteiger partial charge in [0.05, 0.1) is 18.0 Å². The molecule has 0 bridgehead atoms. The van der Waals surface area contributed by atoms with Crippen LogP contribution in [0.15, 0.2) is 71.3 Å². The van der Waals surface area contributed by atoms with Crippen LogP contribution < -0.4 is 9.64 Å². The fourth-order valence-corrected chi connectivity index (χ4v) is 3.29. The third-order valence-electron chi connectivity index (χ3n) is 4.69. The molecule has 0 spiro atoms. The van der Waals surface area contributed by atoms with Crippen LogP contribution in [0, 0.1) is 6.92 Å². The highest BCUT2D eigenvalue weighted by atomic mass is 16.5. The second-order valence-corrected chi connectivity index (χ2v) is 6.44. The number of fused-ring (bicyclic) bond motifs is 1. The Morgan fingerprint density at radius 3 is 2.57 bits per heavy atom. The van der Waals surface area contributed by atoms with Gasteiger partial charge in [-0.15, -0.1) is 0 Å². The van der Waals surface area contributed by atoms with Crippen molar-refractivity contribution in [2.75, 3.05) is 18.1 Å². The van der Waals surface area contributed by atoms with E-state index in [2.05, 4.69) is 0 Å². The van der Waals surface area contributed by atoms with Gasteiger partial charge in [0.25, 0.3) is 5.91 Å². The molecule has 6 nitrogen and oxygen atoms in total. The van der Waals surface area contributed by atoms with Gasteiger partial charge in [-0.1, -0.05) is 42.5 Å². The molecule has 1 atom stereocenters. The normalized spacial score (nSPS) is 15.5. The lowest BCUT2D eigenvalue weighted by molar-refractivity contribution is -0.122. The smallest absolute Gasteiger partial charge is 0.342 e. The summed E-state index contributed by atoms with van der Waals surface area (Å²) in [6.45, 7) is 1.62. The molecule has 1 aromatic heterocycles. The van der Waals surface area contributed by atoms with Crippen LogP contribution in [0.1, 0.15) is 27.7 Å². The Morgan fingerprint density at radius 2 is 1.82 bits per heavy atom. The van der Waals surface area contributed by atoms with E-state index in [1.54, 1.807) is 11.8 Å². The molecule has 0 radical (unpaired) electrons. The maximum absolute atomic E-state index is 13.1. The average Bonchev–Trinajstić information content (AvgIpc) is 3.17. The number of ether oxygens (including phenoxy) is 2. The minimum Gasteiger partial charge on any atom is -0.489 e. The highest BCUT2D eigenvalue weighted by Gasteiger charge is 2.33. The van der Waals surface area contributed by atoms with Gasteiger partial charge >= 0.3 is 5.97 Å². The fourth-order valence-electron chi connectivity index (χ4n) is 3.29. The van der Waals surface area contributed by atoms with Gasteiger partial charge in [-0.25, -0.2) is 4.79 Å². The summed E-state index contributed by atoms with van der Waals surface area (Å²) < 4.78 is 16.2. The van der Waals surface area contributed by atoms with Gasteiger partial charge in [-0.05, 0) is 30.7 Å². The number of anilines is 1. The maximum Gasteiger partial charge on any atom is 0.342 e. The molecule has 142 valence electrons. The zero-order chi connectivity index (χ0) is 19.5. The largest absolute Gasteiger partial charge is 0.489 e. The quantitative estimate of drug-likeness (QED) is 0.645. The number of carbonyl (C=O) groups is 2. The van der Waals surface area contributed by atoms with E-state index in [4.69, 9.17) is 13.9 Å². The highest BCUT2D eigenvalue weighted by molar-refractivity contribution is 5.99. The van der Waals surface area contributed by atoms with Crippen molar-refractivity contribution in [1.82, 2.24) is 0 Å². The summed E-state index contributed by atoms with van der Waals surface area (Å²) in [4.78, 5) is 26.9. The molecule has 0 saturated carbocycles. The first kappa shape index (κ1) is 17.9. The van der Waals surface area contributed by atoms with Crippen LogP contribution in [0.3, 0.4) is 0 Å². The van der Waals surface area contributed by atoms with Crippen LogP contribution in [0.4, 0.5) is 5.69 Å². The van der Waals surface area contributed by atoms with Crippen molar-refractivity contribution in [3.8, 4) is 5.75 Å². The summed E-state index contributed by atoms with van der Waals surface area (Å²) in [7, 11) is 0. The molecule has 1 aliphatic heterocycles. The number of hydrogen-bond acceptors (Lipinski definition) is 5. The van der Waals surface area contributed by atoms with E-state index in [9.17, 15) is 9.59 Å². The number of esters is 1. The highest BCUT2D eigenvalue weighted by Crippen LogP contribution is 2.39. The monoisotopic (exact) mass is 377 g/mol.